The van der Waals surface area contributed by atoms with Gasteiger partial charge in [0.15, 0.2) is 11.5 Å². The molecule has 0 amide bonds. The van der Waals surface area contributed by atoms with Gasteiger partial charge in [-0.1, -0.05) is 0 Å². The summed E-state index contributed by atoms with van der Waals surface area (Å²) in [6, 6.07) is 3.17. The quantitative estimate of drug-likeness (QED) is 0.848. The minimum absolute atomic E-state index is 0.222. The maximum Gasteiger partial charge on any atom is 0.258 e. The fourth-order valence-electron chi connectivity index (χ4n) is 1.68. The minimum atomic E-state index is -0.838. The van der Waals surface area contributed by atoms with Gasteiger partial charge in [-0.05, 0) is 13.0 Å². The average molecular weight is 250 g/mol. The first-order chi connectivity index (χ1) is 8.56. The molecule has 0 aliphatic carbocycles. The number of rotatable bonds is 3. The lowest BCUT2D eigenvalue weighted by molar-refractivity contribution is 0.189. The topological polar surface area (TPSA) is 84.4 Å². The first-order valence-corrected chi connectivity index (χ1v) is 5.41. The van der Waals surface area contributed by atoms with Crippen molar-refractivity contribution in [1.29, 1.82) is 0 Å². The molecule has 1 atom stereocenters. The zero-order chi connectivity index (χ0) is 13.3. The molecule has 0 saturated heterocycles. The molecule has 2 rings (SSSR count). The summed E-state index contributed by atoms with van der Waals surface area (Å²) >= 11 is 0. The van der Waals surface area contributed by atoms with E-state index in [9.17, 15) is 9.90 Å². The Balaban J connectivity index is 2.76. The smallest absolute Gasteiger partial charge is 0.258 e. The molecule has 0 saturated carbocycles. The van der Waals surface area contributed by atoms with E-state index in [1.54, 1.807) is 12.1 Å². The van der Waals surface area contributed by atoms with E-state index in [4.69, 9.17) is 9.47 Å². The van der Waals surface area contributed by atoms with Crippen molar-refractivity contribution in [3.8, 4) is 11.5 Å². The van der Waals surface area contributed by atoms with Gasteiger partial charge < -0.3 is 19.6 Å². The third-order valence-corrected chi connectivity index (χ3v) is 2.62. The summed E-state index contributed by atoms with van der Waals surface area (Å²) in [6.45, 7) is 1.53. The molecule has 1 aromatic heterocycles. The lowest BCUT2D eigenvalue weighted by Crippen LogP contribution is -2.13. The number of nitrogens with zero attached hydrogens (tertiary/aromatic N) is 1. The summed E-state index contributed by atoms with van der Waals surface area (Å²) in [5, 5.41) is 9.83. The number of aromatic amines is 1. The Labute approximate surface area is 103 Å². The second-order valence-corrected chi connectivity index (χ2v) is 3.85. The van der Waals surface area contributed by atoms with E-state index < -0.39 is 6.10 Å². The number of hydrogen-bond donors (Lipinski definition) is 2. The van der Waals surface area contributed by atoms with Gasteiger partial charge in [0.1, 0.15) is 11.9 Å². The van der Waals surface area contributed by atoms with E-state index in [0.29, 0.717) is 22.4 Å². The highest BCUT2D eigenvalue weighted by molar-refractivity contribution is 5.81. The minimum Gasteiger partial charge on any atom is -0.493 e. The van der Waals surface area contributed by atoms with Crippen LogP contribution in [0.5, 0.6) is 11.5 Å². The predicted octanol–water partition coefficient (Wildman–Crippen LogP) is 0.994. The van der Waals surface area contributed by atoms with E-state index in [0.717, 1.165) is 0 Å². The molecular formula is C12H14N2O4. The highest BCUT2D eigenvalue weighted by atomic mass is 16.5. The Morgan fingerprint density at radius 3 is 2.44 bits per heavy atom. The van der Waals surface area contributed by atoms with Crippen LogP contribution in [0.15, 0.2) is 16.9 Å². The number of aliphatic hydroxyl groups excluding tert-OH is 1. The van der Waals surface area contributed by atoms with Gasteiger partial charge in [0.05, 0.1) is 25.1 Å². The van der Waals surface area contributed by atoms with Gasteiger partial charge in [0.25, 0.3) is 5.56 Å². The summed E-state index contributed by atoms with van der Waals surface area (Å²) in [6.07, 6.45) is -0.838. The normalized spacial score (nSPS) is 12.4. The van der Waals surface area contributed by atoms with Crippen molar-refractivity contribution in [3.05, 3.63) is 28.3 Å². The van der Waals surface area contributed by atoms with Gasteiger partial charge >= 0.3 is 0 Å². The van der Waals surface area contributed by atoms with Gasteiger partial charge in [-0.3, -0.25) is 4.79 Å². The fourth-order valence-corrected chi connectivity index (χ4v) is 1.68. The average Bonchev–Trinajstić information content (AvgIpc) is 2.36. The van der Waals surface area contributed by atoms with Crippen molar-refractivity contribution in [2.75, 3.05) is 14.2 Å². The van der Waals surface area contributed by atoms with Crippen molar-refractivity contribution in [1.82, 2.24) is 9.97 Å². The van der Waals surface area contributed by atoms with E-state index >= 15 is 0 Å². The Morgan fingerprint density at radius 1 is 1.28 bits per heavy atom. The van der Waals surface area contributed by atoms with Crippen LogP contribution in [0.4, 0.5) is 0 Å². The van der Waals surface area contributed by atoms with E-state index in [1.165, 1.54) is 21.1 Å². The molecule has 6 nitrogen and oxygen atoms in total. The summed E-state index contributed by atoms with van der Waals surface area (Å²) in [5.41, 5.74) is 0.129. The van der Waals surface area contributed by atoms with E-state index in [1.807, 2.05) is 0 Å². The Morgan fingerprint density at radius 2 is 1.89 bits per heavy atom. The van der Waals surface area contributed by atoms with Crippen molar-refractivity contribution < 1.29 is 14.6 Å². The summed E-state index contributed by atoms with van der Waals surface area (Å²) in [4.78, 5) is 18.6. The van der Waals surface area contributed by atoms with Gasteiger partial charge in [-0.2, -0.15) is 0 Å². The molecule has 2 N–H and O–H groups in total. The highest BCUT2D eigenvalue weighted by Gasteiger charge is 2.12. The second kappa shape index (κ2) is 4.66. The van der Waals surface area contributed by atoms with Crippen LogP contribution >= 0.6 is 0 Å². The van der Waals surface area contributed by atoms with Crippen molar-refractivity contribution in [2.45, 2.75) is 13.0 Å². The predicted molar refractivity (Wildman–Crippen MR) is 66.1 cm³/mol. The van der Waals surface area contributed by atoms with Crippen LogP contribution in [0.25, 0.3) is 10.9 Å². The number of H-pyrrole nitrogens is 1. The number of methoxy groups -OCH3 is 2. The monoisotopic (exact) mass is 250 g/mol. The Hall–Kier alpha value is -2.08. The lowest BCUT2D eigenvalue weighted by Gasteiger charge is -2.10. The molecule has 0 spiro atoms. The molecule has 0 aliphatic heterocycles. The molecule has 96 valence electrons. The number of hydrogen-bond acceptors (Lipinski definition) is 5. The molecule has 0 fully saturated rings. The zero-order valence-corrected chi connectivity index (χ0v) is 10.4. The zero-order valence-electron chi connectivity index (χ0n) is 10.4. The molecule has 0 unspecified atom stereocenters. The number of fused-ring (bicyclic) bond motifs is 1. The van der Waals surface area contributed by atoms with Crippen LogP contribution in [0.2, 0.25) is 0 Å². The van der Waals surface area contributed by atoms with E-state index in [2.05, 4.69) is 9.97 Å². The number of nitrogens with one attached hydrogen (secondary N) is 1. The number of aliphatic hydroxyl groups is 1. The van der Waals surface area contributed by atoms with Crippen LogP contribution in [0.1, 0.15) is 18.9 Å². The summed E-state index contributed by atoms with van der Waals surface area (Å²) < 4.78 is 10.3. The van der Waals surface area contributed by atoms with Crippen LogP contribution in [0.3, 0.4) is 0 Å². The molecule has 6 heteroatoms. The highest BCUT2D eigenvalue weighted by Crippen LogP contribution is 2.30. The molecule has 18 heavy (non-hydrogen) atoms. The maximum atomic E-state index is 11.9. The molecule has 1 aromatic carbocycles. The number of ether oxygens (including phenoxy) is 2. The van der Waals surface area contributed by atoms with Gasteiger partial charge in [0, 0.05) is 6.07 Å². The number of aromatic nitrogens is 2. The van der Waals surface area contributed by atoms with Crippen molar-refractivity contribution in [2.24, 2.45) is 0 Å². The number of benzene rings is 1. The van der Waals surface area contributed by atoms with Crippen LogP contribution < -0.4 is 15.0 Å². The van der Waals surface area contributed by atoms with Crippen molar-refractivity contribution in [3.63, 3.8) is 0 Å². The largest absolute Gasteiger partial charge is 0.493 e. The SMILES string of the molecule is COc1cc2nc([C@@H](C)O)[nH]c(=O)c2cc1OC. The molecule has 2 aromatic rings. The van der Waals surface area contributed by atoms with Gasteiger partial charge in [-0.25, -0.2) is 4.98 Å². The molecular weight excluding hydrogens is 236 g/mol. The van der Waals surface area contributed by atoms with Crippen LogP contribution in [0, 0.1) is 0 Å². The third kappa shape index (κ3) is 2.02. The summed E-state index contributed by atoms with van der Waals surface area (Å²) in [7, 11) is 3.00. The second-order valence-electron chi connectivity index (χ2n) is 3.85. The Kier molecular flexibility index (Phi) is 3.20. The molecule has 0 bridgehead atoms. The van der Waals surface area contributed by atoms with Crippen LogP contribution in [-0.2, 0) is 0 Å². The van der Waals surface area contributed by atoms with E-state index in [-0.39, 0.29) is 11.4 Å². The standard InChI is InChI=1S/C12H14N2O4/c1-6(15)11-13-8-5-10(18-3)9(17-2)4-7(8)12(16)14-11/h4-6,15H,1-3H3,(H,13,14,16)/t6-/m1/s1. The van der Waals surface area contributed by atoms with Crippen molar-refractivity contribution >= 4 is 10.9 Å². The maximum absolute atomic E-state index is 11.9. The lowest BCUT2D eigenvalue weighted by atomic mass is 10.2. The molecule has 1 heterocycles. The van der Waals surface area contributed by atoms with Gasteiger partial charge in [0.2, 0.25) is 0 Å². The summed E-state index contributed by atoms with van der Waals surface area (Å²) in [5.74, 6) is 1.17. The first-order valence-electron chi connectivity index (χ1n) is 5.41. The first kappa shape index (κ1) is 12.4. The third-order valence-electron chi connectivity index (χ3n) is 2.62. The Bertz CT molecular complexity index is 634. The molecule has 0 radical (unpaired) electrons. The molecule has 0 aliphatic rings. The van der Waals surface area contributed by atoms with Gasteiger partial charge in [-0.15, -0.1) is 0 Å². The fraction of sp³-hybridized carbons (Fsp3) is 0.333. The van der Waals surface area contributed by atoms with Crippen LogP contribution in [-0.4, -0.2) is 29.3 Å².